The number of aryl methyl sites for hydroxylation is 1. The van der Waals surface area contributed by atoms with Crippen LogP contribution in [0.3, 0.4) is 0 Å². The molecule has 5 nitrogen and oxygen atoms in total. The Balaban J connectivity index is 1.81. The first-order valence-corrected chi connectivity index (χ1v) is 8.59. The van der Waals surface area contributed by atoms with Gasteiger partial charge in [0, 0.05) is 24.0 Å². The molecule has 6 heteroatoms. The fourth-order valence-electron chi connectivity index (χ4n) is 2.92. The third-order valence-corrected chi connectivity index (χ3v) is 4.93. The SMILES string of the molecule is Cc1nc(-c2ccsc2)ccc1C(=O)N1CCCC(C(N)=O)C1. The molecule has 2 N–H and O–H groups in total. The lowest BCUT2D eigenvalue weighted by molar-refractivity contribution is -0.123. The first kappa shape index (κ1) is 15.7. The van der Waals surface area contributed by atoms with Gasteiger partial charge < -0.3 is 10.6 Å². The standard InChI is InChI=1S/C17H19N3O2S/c1-11-14(4-5-15(19-11)13-6-8-23-10-13)17(22)20-7-2-3-12(9-20)16(18)21/h4-6,8,10,12H,2-3,7,9H2,1H3,(H2,18,21). The Labute approximate surface area is 139 Å². The van der Waals surface area contributed by atoms with Crippen molar-refractivity contribution in [2.24, 2.45) is 11.7 Å². The van der Waals surface area contributed by atoms with Crippen molar-refractivity contribution in [1.29, 1.82) is 0 Å². The Kier molecular flexibility index (Phi) is 4.43. The van der Waals surface area contributed by atoms with Crippen molar-refractivity contribution in [3.8, 4) is 11.3 Å². The van der Waals surface area contributed by atoms with Crippen molar-refractivity contribution in [3.05, 3.63) is 40.2 Å². The second-order valence-corrected chi connectivity index (χ2v) is 6.61. The van der Waals surface area contributed by atoms with Crippen LogP contribution in [0.25, 0.3) is 11.3 Å². The number of pyridine rings is 1. The van der Waals surface area contributed by atoms with Crippen LogP contribution in [0.4, 0.5) is 0 Å². The first-order chi connectivity index (χ1) is 11.1. The molecule has 0 aromatic carbocycles. The van der Waals surface area contributed by atoms with Gasteiger partial charge in [-0.1, -0.05) is 0 Å². The number of amides is 2. The first-order valence-electron chi connectivity index (χ1n) is 7.65. The molecule has 1 atom stereocenters. The van der Waals surface area contributed by atoms with Crippen LogP contribution in [0, 0.1) is 12.8 Å². The van der Waals surface area contributed by atoms with Crippen LogP contribution < -0.4 is 5.73 Å². The van der Waals surface area contributed by atoms with Crippen molar-refractivity contribution in [1.82, 2.24) is 9.88 Å². The van der Waals surface area contributed by atoms with Gasteiger partial charge in [-0.3, -0.25) is 14.6 Å². The molecule has 1 saturated heterocycles. The van der Waals surface area contributed by atoms with Crippen LogP contribution in [0.15, 0.2) is 29.0 Å². The molecular weight excluding hydrogens is 310 g/mol. The van der Waals surface area contributed by atoms with Gasteiger partial charge in [0.25, 0.3) is 5.91 Å². The minimum Gasteiger partial charge on any atom is -0.369 e. The summed E-state index contributed by atoms with van der Waals surface area (Å²) in [6, 6.07) is 5.71. The molecular formula is C17H19N3O2S. The van der Waals surface area contributed by atoms with E-state index in [1.165, 1.54) is 0 Å². The zero-order valence-corrected chi connectivity index (χ0v) is 13.8. The number of rotatable bonds is 3. The van der Waals surface area contributed by atoms with Crippen molar-refractivity contribution in [2.45, 2.75) is 19.8 Å². The van der Waals surface area contributed by atoms with Gasteiger partial charge >= 0.3 is 0 Å². The molecule has 120 valence electrons. The van der Waals surface area contributed by atoms with E-state index in [9.17, 15) is 9.59 Å². The lowest BCUT2D eigenvalue weighted by Gasteiger charge is -2.31. The van der Waals surface area contributed by atoms with E-state index < -0.39 is 0 Å². The molecule has 0 saturated carbocycles. The van der Waals surface area contributed by atoms with E-state index in [1.54, 1.807) is 16.2 Å². The maximum absolute atomic E-state index is 12.7. The molecule has 1 aliphatic heterocycles. The monoisotopic (exact) mass is 329 g/mol. The van der Waals surface area contributed by atoms with E-state index in [0.717, 1.165) is 24.1 Å². The summed E-state index contributed by atoms with van der Waals surface area (Å²) < 4.78 is 0. The van der Waals surface area contributed by atoms with Gasteiger partial charge in [0.15, 0.2) is 0 Å². The normalized spacial score (nSPS) is 18.0. The van der Waals surface area contributed by atoms with Gasteiger partial charge in [0.05, 0.1) is 22.9 Å². The fourth-order valence-corrected chi connectivity index (χ4v) is 3.57. The molecule has 3 rings (SSSR count). The average molecular weight is 329 g/mol. The van der Waals surface area contributed by atoms with E-state index in [4.69, 9.17) is 5.73 Å². The number of nitrogens with two attached hydrogens (primary N) is 1. The Bertz CT molecular complexity index is 727. The van der Waals surface area contributed by atoms with Gasteiger partial charge in [0.1, 0.15) is 0 Å². The van der Waals surface area contributed by atoms with Crippen LogP contribution in [-0.4, -0.2) is 34.8 Å². The minimum absolute atomic E-state index is 0.0715. The van der Waals surface area contributed by atoms with Gasteiger partial charge in [-0.25, -0.2) is 0 Å². The molecule has 2 aromatic heterocycles. The molecule has 1 fully saturated rings. The molecule has 0 bridgehead atoms. The molecule has 0 spiro atoms. The maximum atomic E-state index is 12.7. The van der Waals surface area contributed by atoms with Gasteiger partial charge in [-0.15, -0.1) is 0 Å². The lowest BCUT2D eigenvalue weighted by atomic mass is 9.96. The number of carbonyl (C=O) groups excluding carboxylic acids is 2. The number of primary amides is 1. The molecule has 1 unspecified atom stereocenters. The molecule has 3 heterocycles. The van der Waals surface area contributed by atoms with Crippen LogP contribution in [0.2, 0.25) is 0 Å². The summed E-state index contributed by atoms with van der Waals surface area (Å²) in [6.07, 6.45) is 1.56. The predicted octanol–water partition coefficient (Wildman–Crippen LogP) is 2.46. The zero-order chi connectivity index (χ0) is 16.4. The minimum atomic E-state index is -0.329. The number of aromatic nitrogens is 1. The largest absolute Gasteiger partial charge is 0.369 e. The van der Waals surface area contributed by atoms with Crippen LogP contribution in [0.1, 0.15) is 28.9 Å². The highest BCUT2D eigenvalue weighted by Crippen LogP contribution is 2.23. The van der Waals surface area contributed by atoms with E-state index in [0.29, 0.717) is 24.3 Å². The fraction of sp³-hybridized carbons (Fsp3) is 0.353. The van der Waals surface area contributed by atoms with Crippen molar-refractivity contribution in [3.63, 3.8) is 0 Å². The van der Waals surface area contributed by atoms with Crippen LogP contribution in [0.5, 0.6) is 0 Å². The quantitative estimate of drug-likeness (QED) is 0.940. The summed E-state index contributed by atoms with van der Waals surface area (Å²) >= 11 is 1.62. The van der Waals surface area contributed by atoms with Crippen LogP contribution >= 0.6 is 11.3 Å². The van der Waals surface area contributed by atoms with E-state index in [-0.39, 0.29) is 17.7 Å². The molecule has 23 heavy (non-hydrogen) atoms. The highest BCUT2D eigenvalue weighted by Gasteiger charge is 2.28. The van der Waals surface area contributed by atoms with Crippen molar-refractivity contribution in [2.75, 3.05) is 13.1 Å². The van der Waals surface area contributed by atoms with E-state index >= 15 is 0 Å². The number of thiophene rings is 1. The molecule has 0 aliphatic carbocycles. The molecule has 2 aromatic rings. The van der Waals surface area contributed by atoms with E-state index in [1.807, 2.05) is 35.9 Å². The summed E-state index contributed by atoms with van der Waals surface area (Å²) in [4.78, 5) is 30.4. The van der Waals surface area contributed by atoms with Crippen molar-refractivity contribution < 1.29 is 9.59 Å². The smallest absolute Gasteiger partial charge is 0.255 e. The topological polar surface area (TPSA) is 76.3 Å². The number of hydrogen-bond donors (Lipinski definition) is 1. The summed E-state index contributed by atoms with van der Waals surface area (Å²) in [5.74, 6) is -0.644. The third kappa shape index (κ3) is 3.27. The van der Waals surface area contributed by atoms with Gasteiger partial charge in [0.2, 0.25) is 5.91 Å². The number of likely N-dealkylation sites (tertiary alicyclic amines) is 1. The summed E-state index contributed by atoms with van der Waals surface area (Å²) in [5.41, 5.74) is 8.61. The second kappa shape index (κ2) is 6.50. The Morgan fingerprint density at radius 2 is 2.17 bits per heavy atom. The summed E-state index contributed by atoms with van der Waals surface area (Å²) in [7, 11) is 0. The lowest BCUT2D eigenvalue weighted by Crippen LogP contribution is -2.44. The van der Waals surface area contributed by atoms with Gasteiger partial charge in [-0.05, 0) is 43.3 Å². The number of piperidine rings is 1. The predicted molar refractivity (Wildman–Crippen MR) is 90.1 cm³/mol. The number of carbonyl (C=O) groups is 2. The average Bonchev–Trinajstić information content (AvgIpc) is 3.08. The highest BCUT2D eigenvalue weighted by atomic mass is 32.1. The second-order valence-electron chi connectivity index (χ2n) is 5.83. The Morgan fingerprint density at radius 3 is 2.83 bits per heavy atom. The van der Waals surface area contributed by atoms with Crippen LogP contribution in [-0.2, 0) is 4.79 Å². The third-order valence-electron chi connectivity index (χ3n) is 4.24. The zero-order valence-electron chi connectivity index (χ0n) is 13.0. The highest BCUT2D eigenvalue weighted by molar-refractivity contribution is 7.08. The summed E-state index contributed by atoms with van der Waals surface area (Å²) in [6.45, 7) is 2.91. The maximum Gasteiger partial charge on any atom is 0.255 e. The molecule has 1 aliphatic rings. The Hall–Kier alpha value is -2.21. The summed E-state index contributed by atoms with van der Waals surface area (Å²) in [5, 5.41) is 4.04. The van der Waals surface area contributed by atoms with Crippen molar-refractivity contribution >= 4 is 23.2 Å². The van der Waals surface area contributed by atoms with Gasteiger partial charge in [-0.2, -0.15) is 11.3 Å². The number of hydrogen-bond acceptors (Lipinski definition) is 4. The Morgan fingerprint density at radius 1 is 1.35 bits per heavy atom. The number of nitrogens with zero attached hydrogens (tertiary/aromatic N) is 2. The molecule has 0 radical (unpaired) electrons. The van der Waals surface area contributed by atoms with E-state index in [2.05, 4.69) is 4.98 Å². The molecule has 2 amide bonds.